The Morgan fingerprint density at radius 2 is 1.77 bits per heavy atom. The number of rotatable bonds is 14. The third-order valence-corrected chi connectivity index (χ3v) is 6.64. The SMILES string of the molecule is CCOc1ccccc1CCNNC(=O)[C@@]1(Cc2ccccc2)N=C(c2ccc(OCCCO)cc2)O[C@H]1C. The summed E-state index contributed by atoms with van der Waals surface area (Å²) in [7, 11) is 0. The van der Waals surface area contributed by atoms with Crippen LogP contribution in [0.5, 0.6) is 11.5 Å². The van der Waals surface area contributed by atoms with Crippen molar-refractivity contribution in [3.05, 3.63) is 95.6 Å². The molecule has 3 N–H and O–H groups in total. The highest BCUT2D eigenvalue weighted by Crippen LogP contribution is 2.32. The van der Waals surface area contributed by atoms with Gasteiger partial charge in [-0.05, 0) is 61.7 Å². The molecule has 1 heterocycles. The van der Waals surface area contributed by atoms with Crippen LogP contribution in [-0.4, -0.2) is 54.9 Å². The molecule has 0 aliphatic carbocycles. The first-order valence-electron chi connectivity index (χ1n) is 13.4. The summed E-state index contributed by atoms with van der Waals surface area (Å²) in [5.74, 6) is 1.71. The molecule has 8 nitrogen and oxygen atoms in total. The summed E-state index contributed by atoms with van der Waals surface area (Å²) in [5, 5.41) is 8.95. The average Bonchev–Trinajstić information content (AvgIpc) is 3.29. The Kier molecular flexibility index (Phi) is 9.94. The molecule has 3 aromatic carbocycles. The number of nitrogens with one attached hydrogen (secondary N) is 2. The summed E-state index contributed by atoms with van der Waals surface area (Å²) in [6, 6.07) is 25.2. The Hall–Kier alpha value is -3.88. The van der Waals surface area contributed by atoms with Gasteiger partial charge in [-0.1, -0.05) is 48.5 Å². The van der Waals surface area contributed by atoms with Gasteiger partial charge in [-0.15, -0.1) is 0 Å². The molecule has 0 saturated heterocycles. The number of hydrazine groups is 1. The molecule has 4 rings (SSSR count). The van der Waals surface area contributed by atoms with Crippen LogP contribution in [0.1, 0.15) is 37.0 Å². The van der Waals surface area contributed by atoms with E-state index in [1.54, 1.807) is 0 Å². The lowest BCUT2D eigenvalue weighted by atomic mass is 9.86. The number of para-hydroxylation sites is 1. The Labute approximate surface area is 230 Å². The Balaban J connectivity index is 1.48. The molecule has 0 radical (unpaired) electrons. The predicted octanol–water partition coefficient (Wildman–Crippen LogP) is 3.86. The Morgan fingerprint density at radius 1 is 1.03 bits per heavy atom. The van der Waals surface area contributed by atoms with Crippen LogP contribution in [-0.2, 0) is 22.4 Å². The van der Waals surface area contributed by atoms with E-state index in [-0.39, 0.29) is 12.5 Å². The van der Waals surface area contributed by atoms with Gasteiger partial charge in [0, 0.05) is 31.6 Å². The second-order valence-electron chi connectivity index (χ2n) is 9.39. The van der Waals surface area contributed by atoms with Gasteiger partial charge >= 0.3 is 0 Å². The number of ether oxygens (including phenoxy) is 3. The number of hydrogen-bond acceptors (Lipinski definition) is 7. The quantitative estimate of drug-likeness (QED) is 0.216. The molecule has 0 saturated carbocycles. The van der Waals surface area contributed by atoms with Gasteiger partial charge in [0.2, 0.25) is 5.90 Å². The number of benzene rings is 3. The number of aliphatic imine (C=N–C) groups is 1. The van der Waals surface area contributed by atoms with E-state index >= 15 is 0 Å². The zero-order valence-electron chi connectivity index (χ0n) is 22.6. The largest absolute Gasteiger partial charge is 0.494 e. The first-order valence-corrected chi connectivity index (χ1v) is 13.4. The van der Waals surface area contributed by atoms with Gasteiger partial charge in [0.05, 0.1) is 13.2 Å². The number of nitrogens with zero attached hydrogens (tertiary/aromatic N) is 1. The monoisotopic (exact) mass is 531 g/mol. The number of carbonyl (C=O) groups excluding carboxylic acids is 1. The second-order valence-corrected chi connectivity index (χ2v) is 9.39. The van der Waals surface area contributed by atoms with Crippen molar-refractivity contribution in [2.45, 2.75) is 44.8 Å². The summed E-state index contributed by atoms with van der Waals surface area (Å²) in [5.41, 5.74) is 7.65. The van der Waals surface area contributed by atoms with Crippen molar-refractivity contribution in [1.82, 2.24) is 10.9 Å². The van der Waals surface area contributed by atoms with Crippen molar-refractivity contribution < 1.29 is 24.1 Å². The predicted molar refractivity (Wildman–Crippen MR) is 151 cm³/mol. The molecule has 1 amide bonds. The molecule has 39 heavy (non-hydrogen) atoms. The van der Waals surface area contributed by atoms with Crippen molar-refractivity contribution in [3.63, 3.8) is 0 Å². The standard InChI is InChI=1S/C31H37N3O5/c1-3-37-28-13-8-7-12-25(28)18-19-32-34-30(36)31(22-24-10-5-4-6-11-24)23(2)39-29(33-31)26-14-16-27(17-15-26)38-21-9-20-35/h4-8,10-17,23,32,35H,3,9,18-22H2,1-2H3,(H,34,36)/t23-,31-/m0/s1. The highest BCUT2D eigenvalue weighted by Gasteiger charge is 2.50. The van der Waals surface area contributed by atoms with E-state index < -0.39 is 11.6 Å². The van der Waals surface area contributed by atoms with Crippen molar-refractivity contribution >= 4 is 11.8 Å². The number of hydrogen-bond donors (Lipinski definition) is 3. The van der Waals surface area contributed by atoms with Crippen LogP contribution in [0.3, 0.4) is 0 Å². The fraction of sp³-hybridized carbons (Fsp3) is 0.355. The van der Waals surface area contributed by atoms with Gasteiger partial charge in [0.25, 0.3) is 5.91 Å². The molecule has 0 aromatic heterocycles. The summed E-state index contributed by atoms with van der Waals surface area (Å²) >= 11 is 0. The van der Waals surface area contributed by atoms with Crippen LogP contribution in [0.15, 0.2) is 83.9 Å². The molecular formula is C31H37N3O5. The minimum absolute atomic E-state index is 0.0849. The summed E-state index contributed by atoms with van der Waals surface area (Å²) < 4.78 is 17.5. The van der Waals surface area contributed by atoms with Crippen molar-refractivity contribution in [3.8, 4) is 11.5 Å². The fourth-order valence-electron chi connectivity index (χ4n) is 4.51. The first kappa shape index (κ1) is 28.1. The number of carbonyl (C=O) groups is 1. The lowest BCUT2D eigenvalue weighted by Crippen LogP contribution is -2.56. The van der Waals surface area contributed by atoms with Crippen LogP contribution >= 0.6 is 0 Å². The maximum atomic E-state index is 13.7. The van der Waals surface area contributed by atoms with Crippen LogP contribution < -0.4 is 20.3 Å². The molecule has 0 fully saturated rings. The summed E-state index contributed by atoms with van der Waals surface area (Å²) in [4.78, 5) is 18.6. The fourth-order valence-corrected chi connectivity index (χ4v) is 4.51. The van der Waals surface area contributed by atoms with E-state index in [0.717, 1.165) is 22.4 Å². The minimum Gasteiger partial charge on any atom is -0.494 e. The van der Waals surface area contributed by atoms with Crippen molar-refractivity contribution in [2.75, 3.05) is 26.4 Å². The summed E-state index contributed by atoms with van der Waals surface area (Å²) in [6.45, 7) is 5.49. The van der Waals surface area contributed by atoms with E-state index in [0.29, 0.717) is 50.7 Å². The van der Waals surface area contributed by atoms with Gasteiger partial charge in [0.15, 0.2) is 5.54 Å². The Morgan fingerprint density at radius 3 is 2.51 bits per heavy atom. The second kappa shape index (κ2) is 13.8. The van der Waals surface area contributed by atoms with Gasteiger partial charge in [-0.25, -0.2) is 10.4 Å². The lowest BCUT2D eigenvalue weighted by molar-refractivity contribution is -0.129. The van der Waals surface area contributed by atoms with Gasteiger partial charge in [-0.3, -0.25) is 10.2 Å². The molecule has 1 aliphatic rings. The van der Waals surface area contributed by atoms with Crippen molar-refractivity contribution in [1.29, 1.82) is 0 Å². The molecular weight excluding hydrogens is 494 g/mol. The number of aliphatic hydroxyl groups excluding tert-OH is 1. The van der Waals surface area contributed by atoms with Gasteiger partial charge < -0.3 is 19.3 Å². The molecule has 3 aromatic rings. The zero-order valence-corrected chi connectivity index (χ0v) is 22.6. The third-order valence-electron chi connectivity index (χ3n) is 6.64. The number of amides is 1. The van der Waals surface area contributed by atoms with E-state index in [4.69, 9.17) is 24.3 Å². The Bertz CT molecular complexity index is 1230. The average molecular weight is 532 g/mol. The first-order chi connectivity index (χ1) is 19.1. The van der Waals surface area contributed by atoms with Crippen LogP contribution in [0.4, 0.5) is 0 Å². The lowest BCUT2D eigenvalue weighted by Gasteiger charge is -2.28. The molecule has 8 heteroatoms. The highest BCUT2D eigenvalue weighted by atomic mass is 16.5. The summed E-state index contributed by atoms with van der Waals surface area (Å²) in [6.07, 6.45) is 1.16. The normalized spacial score (nSPS) is 18.2. The molecule has 206 valence electrons. The highest BCUT2D eigenvalue weighted by molar-refractivity contribution is 6.00. The van der Waals surface area contributed by atoms with Crippen molar-refractivity contribution in [2.24, 2.45) is 4.99 Å². The maximum absolute atomic E-state index is 13.7. The van der Waals surface area contributed by atoms with Crippen LogP contribution in [0.2, 0.25) is 0 Å². The van der Waals surface area contributed by atoms with Crippen LogP contribution in [0, 0.1) is 0 Å². The minimum atomic E-state index is -1.15. The maximum Gasteiger partial charge on any atom is 0.266 e. The van der Waals surface area contributed by atoms with Gasteiger partial charge in [-0.2, -0.15) is 0 Å². The molecule has 2 atom stereocenters. The van der Waals surface area contributed by atoms with Crippen LogP contribution in [0.25, 0.3) is 0 Å². The third kappa shape index (κ3) is 7.16. The molecule has 1 aliphatic heterocycles. The van der Waals surface area contributed by atoms with E-state index in [9.17, 15) is 4.79 Å². The van der Waals surface area contributed by atoms with Gasteiger partial charge in [0.1, 0.15) is 17.6 Å². The molecule has 0 unspecified atom stereocenters. The molecule has 0 bridgehead atoms. The zero-order chi connectivity index (χ0) is 27.5. The van der Waals surface area contributed by atoms with E-state index in [2.05, 4.69) is 10.9 Å². The topological polar surface area (TPSA) is 101 Å². The smallest absolute Gasteiger partial charge is 0.266 e. The van der Waals surface area contributed by atoms with E-state index in [1.165, 1.54) is 0 Å². The number of aliphatic hydroxyl groups is 1. The molecule has 0 spiro atoms. The van der Waals surface area contributed by atoms with E-state index in [1.807, 2.05) is 92.7 Å².